The summed E-state index contributed by atoms with van der Waals surface area (Å²) < 4.78 is 8.38. The topological polar surface area (TPSA) is 17.1 Å². The van der Waals surface area contributed by atoms with Crippen molar-refractivity contribution in [2.24, 2.45) is 0 Å². The van der Waals surface area contributed by atoms with Crippen LogP contribution in [0.2, 0.25) is 0 Å². The van der Waals surface area contributed by atoms with Crippen molar-refractivity contribution in [1.29, 1.82) is 0 Å². The van der Waals surface area contributed by atoms with Crippen LogP contribution in [0.4, 0.5) is 0 Å². The van der Waals surface area contributed by atoms with Gasteiger partial charge in [-0.05, 0) is 0 Å². The van der Waals surface area contributed by atoms with Crippen molar-refractivity contribution in [3.8, 4) is 0 Å². The van der Waals surface area contributed by atoms with Gasteiger partial charge >= 0.3 is 41.6 Å². The Morgan fingerprint density at radius 3 is 1.25 bits per heavy atom. The molecule has 0 unspecified atom stereocenters. The van der Waals surface area contributed by atoms with E-state index in [0.29, 0.717) is 0 Å². The van der Waals surface area contributed by atoms with Crippen LogP contribution in [0.3, 0.4) is 0 Å². The second-order valence-corrected chi connectivity index (χ2v) is 0. The maximum atomic E-state index is 8.38. The van der Waals surface area contributed by atoms with E-state index >= 15 is 0 Å². The molecule has 0 atom stereocenters. The standard InChI is InChI=1S/Ga.O.2Zn.3H. The molecule has 0 radical (unpaired) electrons. The summed E-state index contributed by atoms with van der Waals surface area (Å²) in [5.41, 5.74) is 0. The molecule has 0 saturated heterocycles. The van der Waals surface area contributed by atoms with Gasteiger partial charge in [-0.2, -0.15) is 0 Å². The van der Waals surface area contributed by atoms with Crippen LogP contribution >= 0.6 is 0 Å². The molecule has 16 valence electrons. The normalized spacial score (nSPS) is 1.50. The first-order chi connectivity index (χ1) is 1.00. The van der Waals surface area contributed by atoms with Crippen molar-refractivity contribution in [3.05, 3.63) is 0 Å². The average molecular weight is 220 g/mol. The van der Waals surface area contributed by atoms with E-state index in [0.717, 1.165) is 0 Å². The summed E-state index contributed by atoms with van der Waals surface area (Å²) in [7, 11) is 0. The molecule has 0 aliphatic rings. The zero-order valence-electron chi connectivity index (χ0n) is 1.82. The molecule has 0 aliphatic carbocycles. The Labute approximate surface area is 60.7 Å². The van der Waals surface area contributed by atoms with Crippen LogP contribution in [0.5, 0.6) is 0 Å². The first kappa shape index (κ1) is 17.3. The number of hydrogen-bond donors (Lipinski definition) is 0. The third-order valence-corrected chi connectivity index (χ3v) is 0. The van der Waals surface area contributed by atoms with E-state index in [1.54, 1.807) is 0 Å². The molecule has 0 saturated carbocycles. The van der Waals surface area contributed by atoms with E-state index < -0.39 is 0 Å². The molecule has 0 aliphatic heterocycles. The Hall–Kier alpha value is 1.68. The summed E-state index contributed by atoms with van der Waals surface area (Å²) in [6, 6.07) is 0. The summed E-state index contributed by atoms with van der Waals surface area (Å²) in [5, 5.41) is 0. The predicted octanol–water partition coefficient (Wildman–Crippen LogP) is -1.31. The Morgan fingerprint density at radius 2 is 1.25 bits per heavy atom. The van der Waals surface area contributed by atoms with Crippen molar-refractivity contribution in [3.63, 3.8) is 0 Å². The van der Waals surface area contributed by atoms with Gasteiger partial charge in [0.25, 0.3) is 0 Å². The molecule has 0 aromatic carbocycles. The van der Waals surface area contributed by atoms with Gasteiger partial charge < -0.3 is 0 Å². The van der Waals surface area contributed by atoms with Gasteiger partial charge in [-0.1, -0.05) is 0 Å². The van der Waals surface area contributed by atoms with Crippen LogP contribution in [-0.2, 0) is 41.3 Å². The molecule has 0 fully saturated rings. The van der Waals surface area contributed by atoms with Crippen molar-refractivity contribution in [2.75, 3.05) is 0 Å². The fourth-order valence-electron chi connectivity index (χ4n) is 0. The minimum Gasteiger partial charge on any atom is 0 e. The minimum absolute atomic E-state index is 0. The first-order valence-electron chi connectivity index (χ1n) is 0.289. The van der Waals surface area contributed by atoms with Crippen molar-refractivity contribution in [1.82, 2.24) is 0 Å². The second-order valence-electron chi connectivity index (χ2n) is 0. The van der Waals surface area contributed by atoms with E-state index in [9.17, 15) is 0 Å². The molecule has 4 heavy (non-hydrogen) atoms. The SMILES string of the molecule is [GaH3].[O]=[Zn].[Zn]. The predicted molar refractivity (Wildman–Crippen MR) is 10.6 cm³/mol. The largest absolute Gasteiger partial charge is 0 e. The molecular formula is H3GaOZn2. The van der Waals surface area contributed by atoms with Crippen molar-refractivity contribution in [2.45, 2.75) is 0 Å². The molecule has 0 aromatic rings. The number of rotatable bonds is 0. The van der Waals surface area contributed by atoms with Crippen LogP contribution in [-0.4, -0.2) is 19.8 Å². The summed E-state index contributed by atoms with van der Waals surface area (Å²) in [6.07, 6.45) is 0. The summed E-state index contributed by atoms with van der Waals surface area (Å²) >= 11 is 0.125. The molecule has 0 heterocycles. The van der Waals surface area contributed by atoms with Gasteiger partial charge in [0.15, 0.2) is 0 Å². The fourth-order valence-corrected chi connectivity index (χ4v) is 0. The minimum atomic E-state index is 0. The van der Waals surface area contributed by atoms with Crippen LogP contribution in [0.1, 0.15) is 0 Å². The van der Waals surface area contributed by atoms with E-state index in [1.165, 1.54) is 0 Å². The van der Waals surface area contributed by atoms with Crippen LogP contribution < -0.4 is 0 Å². The van der Waals surface area contributed by atoms with Gasteiger partial charge in [-0.25, -0.2) is 0 Å². The number of hydrogen-bond acceptors (Lipinski definition) is 1. The molecule has 1 nitrogen and oxygen atoms in total. The van der Waals surface area contributed by atoms with Crippen LogP contribution in [0.25, 0.3) is 0 Å². The third kappa shape index (κ3) is 9.36. The van der Waals surface area contributed by atoms with Gasteiger partial charge in [0.05, 0.1) is 0 Å². The van der Waals surface area contributed by atoms with Crippen LogP contribution in [0.15, 0.2) is 0 Å². The van der Waals surface area contributed by atoms with E-state index in [1.807, 2.05) is 0 Å². The van der Waals surface area contributed by atoms with Crippen molar-refractivity contribution < 1.29 is 41.3 Å². The Kier molecular flexibility index (Phi) is 97.1. The van der Waals surface area contributed by atoms with E-state index in [4.69, 9.17) is 3.57 Å². The maximum absolute atomic E-state index is 8.38. The third-order valence-electron chi connectivity index (χ3n) is 0. The molecule has 0 N–H and O–H groups in total. The summed E-state index contributed by atoms with van der Waals surface area (Å²) in [6.45, 7) is 0. The Balaban J connectivity index is -0.00000000500. The molecule has 4 heteroatoms. The average Bonchev–Trinajstić information content (AvgIpc) is 1.00. The Bertz CT molecular complexity index is 6.00. The van der Waals surface area contributed by atoms with Gasteiger partial charge in [-0.3, -0.25) is 0 Å². The quantitative estimate of drug-likeness (QED) is 0.463. The zero-order valence-corrected chi connectivity index (χ0v) is 7.76. The first-order valence-corrected chi connectivity index (χ1v) is 1.50. The van der Waals surface area contributed by atoms with Gasteiger partial charge in [-0.15, -0.1) is 0 Å². The molecule has 0 rings (SSSR count). The Morgan fingerprint density at radius 1 is 1.25 bits per heavy atom. The van der Waals surface area contributed by atoms with E-state index in [-0.39, 0.29) is 57.5 Å². The molecule has 0 spiro atoms. The second kappa shape index (κ2) is 22.4. The fraction of sp³-hybridized carbons (Fsp3) is 0. The molecule has 0 bridgehead atoms. The van der Waals surface area contributed by atoms with Gasteiger partial charge in [0.2, 0.25) is 0 Å². The van der Waals surface area contributed by atoms with Crippen LogP contribution in [0, 0.1) is 0 Å². The molecule has 0 aromatic heterocycles. The summed E-state index contributed by atoms with van der Waals surface area (Å²) in [4.78, 5) is 0. The zero-order chi connectivity index (χ0) is 2.00. The maximum Gasteiger partial charge on any atom is 0 e. The smallest absolute Gasteiger partial charge is 0 e. The molecular weight excluding hydrogens is 217 g/mol. The van der Waals surface area contributed by atoms with Crippen molar-refractivity contribution >= 4 is 19.8 Å². The monoisotopic (exact) mass is 216 g/mol. The van der Waals surface area contributed by atoms with Gasteiger partial charge in [0, 0.05) is 19.5 Å². The van der Waals surface area contributed by atoms with Gasteiger partial charge in [0.1, 0.15) is 0 Å². The summed E-state index contributed by atoms with van der Waals surface area (Å²) in [5.74, 6) is 0. The van der Waals surface area contributed by atoms with E-state index in [2.05, 4.69) is 0 Å². The molecule has 0 amide bonds.